The Morgan fingerprint density at radius 2 is 1.58 bits per heavy atom. The van der Waals surface area contributed by atoms with Crippen molar-refractivity contribution in [3.8, 4) is 40.1 Å². The van der Waals surface area contributed by atoms with Gasteiger partial charge in [-0.15, -0.1) is 0 Å². The van der Waals surface area contributed by atoms with E-state index in [1.807, 2.05) is 0 Å². The lowest BCUT2D eigenvalue weighted by atomic mass is 9.99. The SMILES string of the molecule is O=c1cc(-c2ccc(O)c(O)c2)oc2c(OC3O[C@@H](CO)[C@H](O)[C@@H](O)[C@@H]3O)c(O)cc(O)c12. The Morgan fingerprint density at radius 3 is 2.24 bits per heavy atom. The van der Waals surface area contributed by atoms with Crippen LogP contribution in [0.3, 0.4) is 0 Å². The van der Waals surface area contributed by atoms with Crippen LogP contribution in [-0.2, 0) is 4.74 Å². The number of aliphatic hydroxyl groups excluding tert-OH is 4. The molecule has 1 fully saturated rings. The van der Waals surface area contributed by atoms with Gasteiger partial charge in [-0.25, -0.2) is 0 Å². The molecular formula is C21H20O12. The van der Waals surface area contributed by atoms with Crippen LogP contribution in [0.25, 0.3) is 22.3 Å². The molecule has 1 saturated heterocycles. The van der Waals surface area contributed by atoms with E-state index in [9.17, 15) is 45.6 Å². The molecule has 33 heavy (non-hydrogen) atoms. The molecule has 5 atom stereocenters. The van der Waals surface area contributed by atoms with Gasteiger partial charge in [0.25, 0.3) is 0 Å². The van der Waals surface area contributed by atoms with E-state index in [1.165, 1.54) is 6.07 Å². The minimum atomic E-state index is -1.82. The van der Waals surface area contributed by atoms with Gasteiger partial charge in [0.05, 0.1) is 6.61 Å². The normalized spacial score (nSPS) is 25.3. The monoisotopic (exact) mass is 464 g/mol. The van der Waals surface area contributed by atoms with Crippen molar-refractivity contribution in [3.63, 3.8) is 0 Å². The van der Waals surface area contributed by atoms with Crippen LogP contribution in [0.5, 0.6) is 28.7 Å². The Labute approximate surface area is 184 Å². The predicted molar refractivity (Wildman–Crippen MR) is 109 cm³/mol. The molecule has 12 heteroatoms. The summed E-state index contributed by atoms with van der Waals surface area (Å²) in [5.41, 5.74) is -1.06. The van der Waals surface area contributed by atoms with Crippen LogP contribution >= 0.6 is 0 Å². The van der Waals surface area contributed by atoms with Crippen molar-refractivity contribution in [1.29, 1.82) is 0 Å². The van der Waals surface area contributed by atoms with Crippen molar-refractivity contribution < 1.29 is 54.7 Å². The lowest BCUT2D eigenvalue weighted by molar-refractivity contribution is -0.277. The maximum atomic E-state index is 12.7. The molecule has 0 saturated carbocycles. The van der Waals surface area contributed by atoms with Crippen LogP contribution in [-0.4, -0.2) is 78.2 Å². The predicted octanol–water partition coefficient (Wildman–Crippen LogP) is -0.539. The largest absolute Gasteiger partial charge is 0.507 e. The molecule has 176 valence electrons. The summed E-state index contributed by atoms with van der Waals surface area (Å²) in [5, 5.41) is 78.8. The standard InChI is InChI=1S/C21H20O12/c22-6-14-16(28)17(29)18(30)21(32-14)33-19-12(27)4-10(25)15-11(26)5-13(31-20(15)19)7-1-2-8(23)9(24)3-7/h1-5,14,16-18,21-25,27-30H,6H2/t14-,16-,17+,18-,21?/m0/s1. The zero-order chi connectivity index (χ0) is 24.0. The van der Waals surface area contributed by atoms with Crippen LogP contribution < -0.4 is 10.2 Å². The van der Waals surface area contributed by atoms with E-state index in [-0.39, 0.29) is 16.7 Å². The lowest BCUT2D eigenvalue weighted by Gasteiger charge is -2.39. The van der Waals surface area contributed by atoms with Crippen LogP contribution in [0.15, 0.2) is 39.5 Å². The smallest absolute Gasteiger partial charge is 0.229 e. The van der Waals surface area contributed by atoms with Gasteiger partial charge in [-0.1, -0.05) is 0 Å². The third-order valence-corrected chi connectivity index (χ3v) is 5.26. The molecule has 0 spiro atoms. The molecule has 8 N–H and O–H groups in total. The Hall–Kier alpha value is -3.55. The van der Waals surface area contributed by atoms with Crippen molar-refractivity contribution in [3.05, 3.63) is 40.6 Å². The van der Waals surface area contributed by atoms with E-state index in [1.54, 1.807) is 0 Å². The van der Waals surface area contributed by atoms with Gasteiger partial charge >= 0.3 is 0 Å². The summed E-state index contributed by atoms with van der Waals surface area (Å²) in [7, 11) is 0. The Morgan fingerprint density at radius 1 is 0.848 bits per heavy atom. The molecule has 1 aliphatic heterocycles. The summed E-state index contributed by atoms with van der Waals surface area (Å²) >= 11 is 0. The molecule has 0 bridgehead atoms. The first-order valence-corrected chi connectivity index (χ1v) is 9.64. The zero-order valence-electron chi connectivity index (χ0n) is 16.7. The molecule has 12 nitrogen and oxygen atoms in total. The quantitative estimate of drug-likeness (QED) is 0.229. The van der Waals surface area contributed by atoms with E-state index in [0.717, 1.165) is 24.3 Å². The van der Waals surface area contributed by atoms with Crippen molar-refractivity contribution in [1.82, 2.24) is 0 Å². The van der Waals surface area contributed by atoms with Gasteiger partial charge in [0, 0.05) is 17.7 Å². The van der Waals surface area contributed by atoms with Gasteiger partial charge in [-0.3, -0.25) is 4.79 Å². The van der Waals surface area contributed by atoms with Crippen LogP contribution in [0.4, 0.5) is 0 Å². The average Bonchev–Trinajstić information content (AvgIpc) is 2.77. The number of ether oxygens (including phenoxy) is 2. The van der Waals surface area contributed by atoms with E-state index in [0.29, 0.717) is 0 Å². The number of phenols is 4. The van der Waals surface area contributed by atoms with Crippen LogP contribution in [0, 0.1) is 0 Å². The fraction of sp³-hybridized carbons (Fsp3) is 0.286. The molecule has 3 aromatic rings. The van der Waals surface area contributed by atoms with Gasteiger partial charge in [-0.05, 0) is 18.2 Å². The van der Waals surface area contributed by atoms with Gasteiger partial charge in [0.15, 0.2) is 28.3 Å². The van der Waals surface area contributed by atoms with Crippen molar-refractivity contribution in [2.24, 2.45) is 0 Å². The molecule has 4 rings (SSSR count). The van der Waals surface area contributed by atoms with Crippen molar-refractivity contribution in [2.45, 2.75) is 30.7 Å². The molecular weight excluding hydrogens is 444 g/mol. The van der Waals surface area contributed by atoms with Crippen LogP contribution in [0.1, 0.15) is 0 Å². The number of rotatable bonds is 4. The minimum absolute atomic E-state index is 0.133. The summed E-state index contributed by atoms with van der Waals surface area (Å²) in [6.45, 7) is -0.726. The second-order valence-electron chi connectivity index (χ2n) is 7.44. The Balaban J connectivity index is 1.85. The van der Waals surface area contributed by atoms with Gasteiger partial charge in [0.2, 0.25) is 12.0 Å². The summed E-state index contributed by atoms with van der Waals surface area (Å²) < 4.78 is 16.4. The maximum absolute atomic E-state index is 12.7. The number of fused-ring (bicyclic) bond motifs is 1. The first-order valence-electron chi connectivity index (χ1n) is 9.64. The van der Waals surface area contributed by atoms with Gasteiger partial charge in [0.1, 0.15) is 41.3 Å². The fourth-order valence-electron chi connectivity index (χ4n) is 3.49. The Bertz CT molecular complexity index is 1250. The number of phenolic OH excluding ortho intramolecular Hbond substituents is 4. The molecule has 0 amide bonds. The molecule has 0 radical (unpaired) electrons. The highest BCUT2D eigenvalue weighted by atomic mass is 16.7. The summed E-state index contributed by atoms with van der Waals surface area (Å²) in [6.07, 6.45) is -8.27. The molecule has 2 heterocycles. The van der Waals surface area contributed by atoms with Crippen molar-refractivity contribution in [2.75, 3.05) is 6.61 Å². The topological polar surface area (TPSA) is 211 Å². The fourth-order valence-corrected chi connectivity index (χ4v) is 3.49. The average molecular weight is 464 g/mol. The van der Waals surface area contributed by atoms with E-state index in [4.69, 9.17) is 13.9 Å². The Kier molecular flexibility index (Phi) is 5.78. The summed E-state index contributed by atoms with van der Waals surface area (Å²) in [4.78, 5) is 12.7. The first kappa shape index (κ1) is 22.6. The first-order chi connectivity index (χ1) is 15.6. The van der Waals surface area contributed by atoms with Gasteiger partial charge < -0.3 is 54.7 Å². The van der Waals surface area contributed by atoms with E-state index < -0.39 is 77.1 Å². The highest BCUT2D eigenvalue weighted by Crippen LogP contribution is 2.42. The molecule has 1 aromatic heterocycles. The molecule has 0 aliphatic carbocycles. The second kappa shape index (κ2) is 8.42. The second-order valence-corrected chi connectivity index (χ2v) is 7.44. The molecule has 1 unspecified atom stereocenters. The number of hydrogen-bond acceptors (Lipinski definition) is 12. The number of benzene rings is 2. The number of aliphatic hydroxyl groups is 4. The minimum Gasteiger partial charge on any atom is -0.507 e. The summed E-state index contributed by atoms with van der Waals surface area (Å²) in [5.74, 6) is -2.94. The lowest BCUT2D eigenvalue weighted by Crippen LogP contribution is -2.60. The highest BCUT2D eigenvalue weighted by molar-refractivity contribution is 5.91. The third kappa shape index (κ3) is 3.90. The zero-order valence-corrected chi connectivity index (χ0v) is 16.7. The summed E-state index contributed by atoms with van der Waals surface area (Å²) in [6, 6.07) is 5.40. The van der Waals surface area contributed by atoms with E-state index >= 15 is 0 Å². The number of hydrogen-bond donors (Lipinski definition) is 8. The highest BCUT2D eigenvalue weighted by Gasteiger charge is 2.45. The molecule has 1 aliphatic rings. The molecule has 2 aromatic carbocycles. The maximum Gasteiger partial charge on any atom is 0.229 e. The third-order valence-electron chi connectivity index (χ3n) is 5.26. The van der Waals surface area contributed by atoms with Gasteiger partial charge in [-0.2, -0.15) is 0 Å². The number of aromatic hydroxyl groups is 4. The van der Waals surface area contributed by atoms with Crippen LogP contribution in [0.2, 0.25) is 0 Å². The van der Waals surface area contributed by atoms with E-state index in [2.05, 4.69) is 0 Å². The van der Waals surface area contributed by atoms with Crippen molar-refractivity contribution >= 4 is 11.0 Å².